The van der Waals surface area contributed by atoms with E-state index in [1.165, 1.54) is 11.1 Å². The van der Waals surface area contributed by atoms with E-state index in [0.29, 0.717) is 11.8 Å². The van der Waals surface area contributed by atoms with Crippen LogP contribution in [0, 0.1) is 0 Å². The highest BCUT2D eigenvalue weighted by atomic mass is 16.6. The molecule has 1 amide bonds. The predicted molar refractivity (Wildman–Crippen MR) is 90.3 cm³/mol. The molecule has 3 nitrogen and oxygen atoms in total. The summed E-state index contributed by atoms with van der Waals surface area (Å²) < 4.78 is 5.50. The third kappa shape index (κ3) is 4.49. The average molecular weight is 303 g/mol. The number of benzene rings is 1. The highest BCUT2D eigenvalue weighted by Crippen LogP contribution is 2.29. The number of amides is 1. The molecule has 1 aromatic rings. The fraction of sp³-hybridized carbons (Fsp3) is 0.632. The molecule has 0 aromatic heterocycles. The molecule has 1 aliphatic rings. The number of piperidine rings is 1. The molecule has 0 N–H and O–H groups in total. The molecular weight excluding hydrogens is 274 g/mol. The molecule has 1 saturated heterocycles. The third-order valence-electron chi connectivity index (χ3n) is 4.15. The van der Waals surface area contributed by atoms with Gasteiger partial charge < -0.3 is 9.64 Å². The summed E-state index contributed by atoms with van der Waals surface area (Å²) in [5.74, 6) is 0.973. The Hall–Kier alpha value is -1.51. The number of carbonyl (C=O) groups is 1. The van der Waals surface area contributed by atoms with Crippen LogP contribution in [0.15, 0.2) is 24.3 Å². The Labute approximate surface area is 134 Å². The summed E-state index contributed by atoms with van der Waals surface area (Å²) in [6.07, 6.45) is 1.99. The summed E-state index contributed by atoms with van der Waals surface area (Å²) in [5.41, 5.74) is 2.27. The summed E-state index contributed by atoms with van der Waals surface area (Å²) in [6, 6.07) is 8.87. The maximum absolute atomic E-state index is 12.2. The van der Waals surface area contributed by atoms with Crippen molar-refractivity contribution in [2.75, 3.05) is 13.1 Å². The molecule has 1 heterocycles. The highest BCUT2D eigenvalue weighted by Gasteiger charge is 2.28. The van der Waals surface area contributed by atoms with Gasteiger partial charge in [-0.05, 0) is 50.7 Å². The monoisotopic (exact) mass is 303 g/mol. The first kappa shape index (κ1) is 16.9. The fourth-order valence-electron chi connectivity index (χ4n) is 2.89. The quantitative estimate of drug-likeness (QED) is 0.775. The topological polar surface area (TPSA) is 29.5 Å². The van der Waals surface area contributed by atoms with Crippen LogP contribution in [0.5, 0.6) is 0 Å². The van der Waals surface area contributed by atoms with E-state index in [1.54, 1.807) is 0 Å². The SMILES string of the molecule is CC(C)c1ccc(C2CCCN(C(=O)OC(C)(C)C)C2)cc1. The normalized spacial score (nSPS) is 19.4. The molecule has 3 heteroatoms. The number of likely N-dealkylation sites (tertiary alicyclic amines) is 1. The van der Waals surface area contributed by atoms with Crippen molar-refractivity contribution in [1.82, 2.24) is 4.90 Å². The Morgan fingerprint density at radius 3 is 2.41 bits per heavy atom. The Balaban J connectivity index is 2.02. The molecule has 1 atom stereocenters. The van der Waals surface area contributed by atoms with E-state index in [4.69, 9.17) is 4.74 Å². The zero-order valence-corrected chi connectivity index (χ0v) is 14.6. The summed E-state index contributed by atoms with van der Waals surface area (Å²) in [7, 11) is 0. The number of nitrogens with zero attached hydrogens (tertiary/aromatic N) is 1. The lowest BCUT2D eigenvalue weighted by Crippen LogP contribution is -2.42. The zero-order valence-electron chi connectivity index (χ0n) is 14.6. The maximum Gasteiger partial charge on any atom is 0.410 e. The van der Waals surface area contributed by atoms with E-state index in [9.17, 15) is 4.79 Å². The maximum atomic E-state index is 12.2. The minimum absolute atomic E-state index is 0.184. The van der Waals surface area contributed by atoms with Crippen molar-refractivity contribution in [3.63, 3.8) is 0 Å². The van der Waals surface area contributed by atoms with Crippen LogP contribution >= 0.6 is 0 Å². The van der Waals surface area contributed by atoms with E-state index < -0.39 is 5.60 Å². The van der Waals surface area contributed by atoms with Crippen LogP contribution in [0.2, 0.25) is 0 Å². The standard InChI is InChI=1S/C19H29NO2/c1-14(2)15-8-10-16(11-9-15)17-7-6-12-20(13-17)18(21)22-19(3,4)5/h8-11,14,17H,6-7,12-13H2,1-5H3. The van der Waals surface area contributed by atoms with Gasteiger partial charge >= 0.3 is 6.09 Å². The van der Waals surface area contributed by atoms with Crippen molar-refractivity contribution in [2.24, 2.45) is 0 Å². The molecule has 1 aliphatic heterocycles. The van der Waals surface area contributed by atoms with Gasteiger partial charge in [-0.2, -0.15) is 0 Å². The molecule has 0 spiro atoms. The third-order valence-corrected chi connectivity index (χ3v) is 4.15. The van der Waals surface area contributed by atoms with E-state index >= 15 is 0 Å². The molecule has 1 aromatic carbocycles. The van der Waals surface area contributed by atoms with Gasteiger partial charge in [-0.1, -0.05) is 38.1 Å². The first-order chi connectivity index (χ1) is 10.3. The van der Waals surface area contributed by atoms with Crippen LogP contribution in [-0.2, 0) is 4.74 Å². The van der Waals surface area contributed by atoms with Crippen molar-refractivity contribution < 1.29 is 9.53 Å². The van der Waals surface area contributed by atoms with Gasteiger partial charge in [0.05, 0.1) is 0 Å². The lowest BCUT2D eigenvalue weighted by atomic mass is 9.89. The number of carbonyl (C=O) groups excluding carboxylic acids is 1. The second kappa shape index (κ2) is 6.72. The first-order valence-corrected chi connectivity index (χ1v) is 8.34. The highest BCUT2D eigenvalue weighted by molar-refractivity contribution is 5.68. The first-order valence-electron chi connectivity index (χ1n) is 8.34. The molecular formula is C19H29NO2. The Morgan fingerprint density at radius 1 is 1.23 bits per heavy atom. The fourth-order valence-corrected chi connectivity index (χ4v) is 2.89. The van der Waals surface area contributed by atoms with E-state index in [0.717, 1.165) is 25.9 Å². The van der Waals surface area contributed by atoms with E-state index in [2.05, 4.69) is 38.1 Å². The summed E-state index contributed by atoms with van der Waals surface area (Å²) in [4.78, 5) is 14.1. The van der Waals surface area contributed by atoms with Gasteiger partial charge in [0.2, 0.25) is 0 Å². The number of hydrogen-bond acceptors (Lipinski definition) is 2. The van der Waals surface area contributed by atoms with Crippen LogP contribution in [0.25, 0.3) is 0 Å². The van der Waals surface area contributed by atoms with Crippen molar-refractivity contribution in [1.29, 1.82) is 0 Å². The van der Waals surface area contributed by atoms with Crippen LogP contribution in [0.3, 0.4) is 0 Å². The Morgan fingerprint density at radius 2 is 1.86 bits per heavy atom. The molecule has 0 bridgehead atoms. The lowest BCUT2D eigenvalue weighted by molar-refractivity contribution is 0.0198. The van der Waals surface area contributed by atoms with E-state index in [-0.39, 0.29) is 6.09 Å². The van der Waals surface area contributed by atoms with E-state index in [1.807, 2.05) is 25.7 Å². The zero-order chi connectivity index (χ0) is 16.3. The largest absolute Gasteiger partial charge is 0.444 e. The Kier molecular flexibility index (Phi) is 5.15. The van der Waals surface area contributed by atoms with Crippen LogP contribution in [-0.4, -0.2) is 29.7 Å². The van der Waals surface area contributed by atoms with Crippen molar-refractivity contribution in [3.8, 4) is 0 Å². The summed E-state index contributed by atoms with van der Waals surface area (Å²) in [6.45, 7) is 11.7. The molecule has 122 valence electrons. The second-order valence-corrected chi connectivity index (χ2v) is 7.59. The summed E-state index contributed by atoms with van der Waals surface area (Å²) >= 11 is 0. The molecule has 1 unspecified atom stereocenters. The molecule has 0 radical (unpaired) electrons. The number of hydrogen-bond donors (Lipinski definition) is 0. The van der Waals surface area contributed by atoms with Gasteiger partial charge in [-0.3, -0.25) is 0 Å². The number of ether oxygens (including phenoxy) is 1. The minimum atomic E-state index is -0.428. The van der Waals surface area contributed by atoms with Gasteiger partial charge in [0.15, 0.2) is 0 Å². The average Bonchev–Trinajstić information content (AvgIpc) is 2.46. The molecule has 0 saturated carbocycles. The molecule has 22 heavy (non-hydrogen) atoms. The van der Waals surface area contributed by atoms with Crippen molar-refractivity contribution in [2.45, 2.75) is 64.9 Å². The Bertz CT molecular complexity index is 499. The lowest BCUT2D eigenvalue weighted by Gasteiger charge is -2.34. The van der Waals surface area contributed by atoms with Crippen LogP contribution in [0.4, 0.5) is 4.79 Å². The van der Waals surface area contributed by atoms with Crippen LogP contribution < -0.4 is 0 Å². The van der Waals surface area contributed by atoms with Gasteiger partial charge in [-0.15, -0.1) is 0 Å². The van der Waals surface area contributed by atoms with Crippen LogP contribution in [0.1, 0.15) is 70.4 Å². The van der Waals surface area contributed by atoms with Gasteiger partial charge in [-0.25, -0.2) is 4.79 Å². The van der Waals surface area contributed by atoms with Crippen molar-refractivity contribution >= 4 is 6.09 Å². The molecule has 0 aliphatic carbocycles. The summed E-state index contributed by atoms with van der Waals surface area (Å²) in [5, 5.41) is 0. The predicted octanol–water partition coefficient (Wildman–Crippen LogP) is 4.92. The second-order valence-electron chi connectivity index (χ2n) is 7.59. The van der Waals surface area contributed by atoms with Crippen molar-refractivity contribution in [3.05, 3.63) is 35.4 Å². The smallest absolute Gasteiger partial charge is 0.410 e. The molecule has 2 rings (SSSR count). The van der Waals surface area contributed by atoms with Gasteiger partial charge in [0, 0.05) is 19.0 Å². The minimum Gasteiger partial charge on any atom is -0.444 e. The molecule has 1 fully saturated rings. The number of rotatable bonds is 2. The van der Waals surface area contributed by atoms with Gasteiger partial charge in [0.25, 0.3) is 0 Å². The van der Waals surface area contributed by atoms with Gasteiger partial charge in [0.1, 0.15) is 5.60 Å².